The van der Waals surface area contributed by atoms with Gasteiger partial charge in [-0.05, 0) is 25.2 Å². The van der Waals surface area contributed by atoms with Gasteiger partial charge < -0.3 is 21.1 Å². The summed E-state index contributed by atoms with van der Waals surface area (Å²) in [5.74, 6) is -1.76. The number of aromatic carboxylic acids is 1. The molecule has 0 spiro atoms. The Morgan fingerprint density at radius 2 is 1.90 bits per heavy atom. The number of amides is 2. The fourth-order valence-electron chi connectivity index (χ4n) is 1.56. The zero-order valence-corrected chi connectivity index (χ0v) is 11.3. The summed E-state index contributed by atoms with van der Waals surface area (Å²) in [4.78, 5) is 33.7. The van der Waals surface area contributed by atoms with Crippen molar-refractivity contribution in [1.29, 1.82) is 0 Å². The number of carboxylic acid groups (broad SMARTS) is 1. The van der Waals surface area contributed by atoms with Gasteiger partial charge in [0, 0.05) is 25.6 Å². The number of carbonyl (C=O) groups excluding carboxylic acids is 2. The highest BCUT2D eigenvalue weighted by Gasteiger charge is 2.13. The summed E-state index contributed by atoms with van der Waals surface area (Å²) in [5, 5.41) is 17.0. The number of hydrogen-bond acceptors (Lipinski definition) is 4. The lowest BCUT2D eigenvalue weighted by Gasteiger charge is -2.10. The molecule has 1 aromatic rings. The summed E-state index contributed by atoms with van der Waals surface area (Å²) >= 11 is 0. The molecule has 108 valence electrons. The summed E-state index contributed by atoms with van der Waals surface area (Å²) in [7, 11) is 1.72. The Balaban J connectivity index is 2.92. The van der Waals surface area contributed by atoms with Crippen LogP contribution in [-0.2, 0) is 9.59 Å². The molecule has 0 saturated heterocycles. The van der Waals surface area contributed by atoms with Gasteiger partial charge in [-0.2, -0.15) is 0 Å². The molecule has 0 aliphatic carbocycles. The van der Waals surface area contributed by atoms with Crippen LogP contribution >= 0.6 is 0 Å². The lowest BCUT2D eigenvalue weighted by molar-refractivity contribution is -0.116. The second-order valence-electron chi connectivity index (χ2n) is 4.15. The van der Waals surface area contributed by atoms with Gasteiger partial charge in [-0.1, -0.05) is 0 Å². The zero-order valence-electron chi connectivity index (χ0n) is 11.3. The van der Waals surface area contributed by atoms with Gasteiger partial charge >= 0.3 is 5.97 Å². The van der Waals surface area contributed by atoms with Crippen LogP contribution in [0.3, 0.4) is 0 Å². The standard InChI is InChI=1S/C13H17N3O4/c1-8(17)15-9-3-4-11(10(7-9)13(19)20)16-12(18)5-6-14-2/h3-4,7,14H,5-6H2,1-2H3,(H,15,17)(H,16,18)(H,19,20). The van der Waals surface area contributed by atoms with Crippen LogP contribution in [-0.4, -0.2) is 36.5 Å². The minimum absolute atomic E-state index is 0.0749. The minimum atomic E-state index is -1.18. The number of hydrogen-bond donors (Lipinski definition) is 4. The van der Waals surface area contributed by atoms with Crippen LogP contribution in [0.5, 0.6) is 0 Å². The Kier molecular flexibility index (Phi) is 5.67. The molecule has 0 aromatic heterocycles. The molecule has 0 aliphatic rings. The second kappa shape index (κ2) is 7.25. The van der Waals surface area contributed by atoms with E-state index in [9.17, 15) is 14.4 Å². The van der Waals surface area contributed by atoms with Crippen molar-refractivity contribution in [1.82, 2.24) is 5.32 Å². The van der Waals surface area contributed by atoms with Crippen molar-refractivity contribution in [2.75, 3.05) is 24.2 Å². The molecule has 4 N–H and O–H groups in total. The van der Waals surface area contributed by atoms with Crippen molar-refractivity contribution in [3.05, 3.63) is 23.8 Å². The van der Waals surface area contributed by atoms with Crippen molar-refractivity contribution in [2.45, 2.75) is 13.3 Å². The Morgan fingerprint density at radius 3 is 2.45 bits per heavy atom. The van der Waals surface area contributed by atoms with E-state index in [1.807, 2.05) is 0 Å². The predicted molar refractivity (Wildman–Crippen MR) is 74.9 cm³/mol. The Morgan fingerprint density at radius 1 is 1.20 bits per heavy atom. The quantitative estimate of drug-likeness (QED) is 0.618. The van der Waals surface area contributed by atoms with Crippen molar-refractivity contribution < 1.29 is 19.5 Å². The third kappa shape index (κ3) is 4.69. The van der Waals surface area contributed by atoms with Crippen LogP contribution in [0, 0.1) is 0 Å². The number of benzene rings is 1. The molecule has 0 unspecified atom stereocenters. The fraction of sp³-hybridized carbons (Fsp3) is 0.308. The molecule has 0 saturated carbocycles. The van der Waals surface area contributed by atoms with Crippen molar-refractivity contribution in [3.8, 4) is 0 Å². The highest BCUT2D eigenvalue weighted by Crippen LogP contribution is 2.21. The molecule has 7 nitrogen and oxygen atoms in total. The average molecular weight is 279 g/mol. The van der Waals surface area contributed by atoms with E-state index in [4.69, 9.17) is 5.11 Å². The smallest absolute Gasteiger partial charge is 0.337 e. The van der Waals surface area contributed by atoms with E-state index in [1.165, 1.54) is 25.1 Å². The largest absolute Gasteiger partial charge is 0.478 e. The normalized spacial score (nSPS) is 9.90. The number of carbonyl (C=O) groups is 3. The van der Waals surface area contributed by atoms with Gasteiger partial charge in [0.05, 0.1) is 11.3 Å². The van der Waals surface area contributed by atoms with Crippen LogP contribution in [0.25, 0.3) is 0 Å². The van der Waals surface area contributed by atoms with Crippen molar-refractivity contribution in [2.24, 2.45) is 0 Å². The third-order valence-corrected chi connectivity index (χ3v) is 2.45. The Bertz CT molecular complexity index is 528. The summed E-state index contributed by atoms with van der Waals surface area (Å²) in [6.45, 7) is 1.83. The van der Waals surface area contributed by atoms with Crippen LogP contribution in [0.4, 0.5) is 11.4 Å². The van der Waals surface area contributed by atoms with Gasteiger partial charge in [0.25, 0.3) is 0 Å². The lowest BCUT2D eigenvalue weighted by atomic mass is 10.1. The molecule has 0 bridgehead atoms. The molecule has 2 amide bonds. The first-order valence-electron chi connectivity index (χ1n) is 6.03. The molecule has 0 aliphatic heterocycles. The maximum Gasteiger partial charge on any atom is 0.337 e. The SMILES string of the molecule is CNCCC(=O)Nc1ccc(NC(C)=O)cc1C(=O)O. The van der Waals surface area contributed by atoms with E-state index in [2.05, 4.69) is 16.0 Å². The van der Waals surface area contributed by atoms with Crippen LogP contribution in [0.15, 0.2) is 18.2 Å². The number of nitrogens with one attached hydrogen (secondary N) is 3. The van der Waals surface area contributed by atoms with E-state index in [1.54, 1.807) is 7.05 Å². The van der Waals surface area contributed by atoms with E-state index in [-0.39, 0.29) is 29.5 Å². The van der Waals surface area contributed by atoms with E-state index in [0.29, 0.717) is 12.2 Å². The van der Waals surface area contributed by atoms with Gasteiger partial charge in [-0.3, -0.25) is 9.59 Å². The molecular weight excluding hydrogens is 262 g/mol. The molecule has 1 rings (SSSR count). The zero-order chi connectivity index (χ0) is 15.1. The molecule has 7 heteroatoms. The number of anilines is 2. The Labute approximate surface area is 116 Å². The fourth-order valence-corrected chi connectivity index (χ4v) is 1.56. The van der Waals surface area contributed by atoms with Crippen LogP contribution in [0.2, 0.25) is 0 Å². The van der Waals surface area contributed by atoms with E-state index < -0.39 is 5.97 Å². The summed E-state index contributed by atoms with van der Waals surface area (Å²) in [5.41, 5.74) is 0.491. The van der Waals surface area contributed by atoms with Crippen LogP contribution in [0.1, 0.15) is 23.7 Å². The molecule has 0 radical (unpaired) electrons. The monoisotopic (exact) mass is 279 g/mol. The van der Waals surface area contributed by atoms with Crippen molar-refractivity contribution >= 4 is 29.2 Å². The minimum Gasteiger partial charge on any atom is -0.478 e. The summed E-state index contributed by atoms with van der Waals surface area (Å²) < 4.78 is 0. The molecular formula is C13H17N3O4. The van der Waals surface area contributed by atoms with Gasteiger partial charge in [0.15, 0.2) is 0 Å². The predicted octanol–water partition coefficient (Wildman–Crippen LogP) is 0.891. The maximum absolute atomic E-state index is 11.6. The van der Waals surface area contributed by atoms with Gasteiger partial charge in [-0.15, -0.1) is 0 Å². The first kappa shape index (κ1) is 15.6. The lowest BCUT2D eigenvalue weighted by Crippen LogP contribution is -2.20. The van der Waals surface area contributed by atoms with Gasteiger partial charge in [0.2, 0.25) is 11.8 Å². The molecule has 0 fully saturated rings. The van der Waals surface area contributed by atoms with Gasteiger partial charge in [-0.25, -0.2) is 4.79 Å². The molecule has 0 heterocycles. The highest BCUT2D eigenvalue weighted by atomic mass is 16.4. The van der Waals surface area contributed by atoms with Crippen LogP contribution < -0.4 is 16.0 Å². The third-order valence-electron chi connectivity index (χ3n) is 2.45. The second-order valence-corrected chi connectivity index (χ2v) is 4.15. The molecule has 1 aromatic carbocycles. The first-order chi connectivity index (χ1) is 9.43. The molecule has 20 heavy (non-hydrogen) atoms. The summed E-state index contributed by atoms with van der Waals surface area (Å²) in [6.07, 6.45) is 0.239. The topological polar surface area (TPSA) is 108 Å². The van der Waals surface area contributed by atoms with E-state index in [0.717, 1.165) is 0 Å². The highest BCUT2D eigenvalue weighted by molar-refractivity contribution is 6.02. The Hall–Kier alpha value is -2.41. The number of carboxylic acids is 1. The van der Waals surface area contributed by atoms with E-state index >= 15 is 0 Å². The average Bonchev–Trinajstić information content (AvgIpc) is 2.37. The first-order valence-corrected chi connectivity index (χ1v) is 6.03. The summed E-state index contributed by atoms with van der Waals surface area (Å²) in [6, 6.07) is 4.28. The molecule has 0 atom stereocenters. The number of rotatable bonds is 6. The van der Waals surface area contributed by atoms with Gasteiger partial charge in [0.1, 0.15) is 0 Å². The maximum atomic E-state index is 11.6. The van der Waals surface area contributed by atoms with Crippen molar-refractivity contribution in [3.63, 3.8) is 0 Å².